The van der Waals surface area contributed by atoms with Crippen molar-refractivity contribution in [2.24, 2.45) is 5.92 Å². The van der Waals surface area contributed by atoms with Gasteiger partial charge in [-0.05, 0) is 31.4 Å². The van der Waals surface area contributed by atoms with Gasteiger partial charge in [0.05, 0.1) is 12.1 Å². The van der Waals surface area contributed by atoms with E-state index in [0.29, 0.717) is 6.42 Å². The van der Waals surface area contributed by atoms with E-state index in [-0.39, 0.29) is 23.9 Å². The molecular formula is C21H26N2O2. The third kappa shape index (κ3) is 5.18. The topological polar surface area (TPSA) is 58.2 Å². The SMILES string of the molecule is CCC(C(=O)N[C@@H](C)c1ccccc1)C(=O)N[C@@H](C)c1ccccc1. The Labute approximate surface area is 149 Å². The maximum Gasteiger partial charge on any atom is 0.233 e. The van der Waals surface area contributed by atoms with E-state index in [9.17, 15) is 9.59 Å². The van der Waals surface area contributed by atoms with Gasteiger partial charge < -0.3 is 10.6 Å². The second kappa shape index (κ2) is 9.02. The van der Waals surface area contributed by atoms with Gasteiger partial charge in [-0.25, -0.2) is 0 Å². The van der Waals surface area contributed by atoms with Crippen molar-refractivity contribution in [3.63, 3.8) is 0 Å². The quantitative estimate of drug-likeness (QED) is 0.755. The smallest absolute Gasteiger partial charge is 0.233 e. The van der Waals surface area contributed by atoms with Crippen molar-refractivity contribution in [3.05, 3.63) is 71.8 Å². The third-order valence-electron chi connectivity index (χ3n) is 4.36. The first-order valence-corrected chi connectivity index (χ1v) is 8.73. The normalized spacial score (nSPS) is 13.1. The van der Waals surface area contributed by atoms with Crippen LogP contribution in [0.1, 0.15) is 50.4 Å². The number of carbonyl (C=O) groups excluding carboxylic acids is 2. The number of amides is 2. The highest BCUT2D eigenvalue weighted by atomic mass is 16.2. The Kier molecular flexibility index (Phi) is 6.75. The van der Waals surface area contributed by atoms with Crippen molar-refractivity contribution in [1.29, 1.82) is 0 Å². The van der Waals surface area contributed by atoms with E-state index in [1.807, 2.05) is 81.4 Å². The van der Waals surface area contributed by atoms with Crippen molar-refractivity contribution >= 4 is 11.8 Å². The number of rotatable bonds is 7. The maximum absolute atomic E-state index is 12.5. The zero-order valence-corrected chi connectivity index (χ0v) is 15.0. The molecular weight excluding hydrogens is 312 g/mol. The summed E-state index contributed by atoms with van der Waals surface area (Å²) in [4.78, 5) is 25.1. The molecule has 0 unspecified atom stereocenters. The molecule has 2 atom stereocenters. The van der Waals surface area contributed by atoms with E-state index in [1.165, 1.54) is 0 Å². The molecule has 0 saturated heterocycles. The summed E-state index contributed by atoms with van der Waals surface area (Å²) < 4.78 is 0. The highest BCUT2D eigenvalue weighted by Gasteiger charge is 2.27. The molecule has 132 valence electrons. The molecule has 0 aliphatic carbocycles. The standard InChI is InChI=1S/C21H26N2O2/c1-4-19(20(24)22-15(2)17-11-7-5-8-12-17)21(25)23-16(3)18-13-9-6-10-14-18/h5-16,19H,4H2,1-3H3,(H,22,24)(H,23,25)/t15-,16-/m0/s1. The van der Waals surface area contributed by atoms with Crippen LogP contribution in [0.3, 0.4) is 0 Å². The van der Waals surface area contributed by atoms with Crippen LogP contribution in [0.25, 0.3) is 0 Å². The first kappa shape index (κ1) is 18.7. The fourth-order valence-corrected chi connectivity index (χ4v) is 2.77. The molecule has 0 heterocycles. The molecule has 2 aromatic carbocycles. The second-order valence-corrected chi connectivity index (χ2v) is 6.24. The van der Waals surface area contributed by atoms with Gasteiger partial charge in [-0.15, -0.1) is 0 Å². The molecule has 0 aromatic heterocycles. The maximum atomic E-state index is 12.5. The zero-order chi connectivity index (χ0) is 18.2. The first-order chi connectivity index (χ1) is 12.0. The van der Waals surface area contributed by atoms with Crippen LogP contribution in [-0.4, -0.2) is 11.8 Å². The van der Waals surface area contributed by atoms with Gasteiger partial charge in [0.1, 0.15) is 5.92 Å². The highest BCUT2D eigenvalue weighted by molar-refractivity contribution is 6.00. The van der Waals surface area contributed by atoms with Crippen LogP contribution in [0.15, 0.2) is 60.7 Å². The van der Waals surface area contributed by atoms with Gasteiger partial charge in [0, 0.05) is 0 Å². The molecule has 4 heteroatoms. The molecule has 2 N–H and O–H groups in total. The molecule has 0 spiro atoms. The van der Waals surface area contributed by atoms with Crippen LogP contribution < -0.4 is 10.6 Å². The molecule has 0 fully saturated rings. The monoisotopic (exact) mass is 338 g/mol. The average Bonchev–Trinajstić information content (AvgIpc) is 2.63. The second-order valence-electron chi connectivity index (χ2n) is 6.24. The molecule has 2 rings (SSSR count). The minimum absolute atomic E-state index is 0.137. The van der Waals surface area contributed by atoms with Gasteiger partial charge in [-0.3, -0.25) is 9.59 Å². The fourth-order valence-electron chi connectivity index (χ4n) is 2.77. The average molecular weight is 338 g/mol. The summed E-state index contributed by atoms with van der Waals surface area (Å²) in [5.74, 6) is -1.18. The van der Waals surface area contributed by atoms with Crippen molar-refractivity contribution < 1.29 is 9.59 Å². The van der Waals surface area contributed by atoms with Crippen LogP contribution >= 0.6 is 0 Å². The molecule has 2 aromatic rings. The van der Waals surface area contributed by atoms with Crippen molar-refractivity contribution in [1.82, 2.24) is 10.6 Å². The summed E-state index contributed by atoms with van der Waals surface area (Å²) in [7, 11) is 0. The van der Waals surface area contributed by atoms with Crippen LogP contribution in [0.4, 0.5) is 0 Å². The summed E-state index contributed by atoms with van der Waals surface area (Å²) in [6.45, 7) is 5.69. The van der Waals surface area contributed by atoms with Crippen LogP contribution in [0.5, 0.6) is 0 Å². The number of benzene rings is 2. The Hall–Kier alpha value is -2.62. The lowest BCUT2D eigenvalue weighted by atomic mass is 10.0. The van der Waals surface area contributed by atoms with Gasteiger partial charge in [0.15, 0.2) is 0 Å². The third-order valence-corrected chi connectivity index (χ3v) is 4.36. The van der Waals surface area contributed by atoms with Gasteiger partial charge in [-0.1, -0.05) is 67.6 Å². The van der Waals surface area contributed by atoms with Gasteiger partial charge in [-0.2, -0.15) is 0 Å². The molecule has 0 radical (unpaired) electrons. The number of nitrogens with one attached hydrogen (secondary N) is 2. The van der Waals surface area contributed by atoms with E-state index < -0.39 is 5.92 Å². The number of hydrogen-bond acceptors (Lipinski definition) is 2. The van der Waals surface area contributed by atoms with E-state index in [1.54, 1.807) is 0 Å². The lowest BCUT2D eigenvalue weighted by Gasteiger charge is -2.21. The number of hydrogen-bond donors (Lipinski definition) is 2. The van der Waals surface area contributed by atoms with E-state index in [2.05, 4.69) is 10.6 Å². The predicted octanol–water partition coefficient (Wildman–Crippen LogP) is 3.77. The molecule has 0 bridgehead atoms. The Morgan fingerprint density at radius 2 is 1.12 bits per heavy atom. The fraction of sp³-hybridized carbons (Fsp3) is 0.333. The molecule has 0 aliphatic rings. The largest absolute Gasteiger partial charge is 0.349 e. The van der Waals surface area contributed by atoms with Gasteiger partial charge in [0.25, 0.3) is 0 Å². The summed E-state index contributed by atoms with van der Waals surface area (Å²) in [5.41, 5.74) is 2.03. The van der Waals surface area contributed by atoms with E-state index in [0.717, 1.165) is 11.1 Å². The first-order valence-electron chi connectivity index (χ1n) is 8.73. The Bertz CT molecular complexity index is 626. The molecule has 0 aliphatic heterocycles. The summed E-state index contributed by atoms with van der Waals surface area (Å²) in [6.07, 6.45) is 0.459. The predicted molar refractivity (Wildman–Crippen MR) is 99.8 cm³/mol. The van der Waals surface area contributed by atoms with Crippen LogP contribution in [-0.2, 0) is 9.59 Å². The van der Waals surface area contributed by atoms with Crippen molar-refractivity contribution in [2.45, 2.75) is 39.3 Å². The Morgan fingerprint density at radius 3 is 1.44 bits per heavy atom. The molecule has 25 heavy (non-hydrogen) atoms. The van der Waals surface area contributed by atoms with Crippen LogP contribution in [0.2, 0.25) is 0 Å². The summed E-state index contributed by atoms with van der Waals surface area (Å²) in [6, 6.07) is 19.2. The Balaban J connectivity index is 1.97. The Morgan fingerprint density at radius 1 is 0.760 bits per heavy atom. The van der Waals surface area contributed by atoms with Crippen molar-refractivity contribution in [3.8, 4) is 0 Å². The lowest BCUT2D eigenvalue weighted by Crippen LogP contribution is -2.42. The molecule has 4 nitrogen and oxygen atoms in total. The lowest BCUT2D eigenvalue weighted by molar-refractivity contribution is -0.136. The molecule has 2 amide bonds. The van der Waals surface area contributed by atoms with E-state index >= 15 is 0 Å². The zero-order valence-electron chi connectivity index (χ0n) is 15.0. The van der Waals surface area contributed by atoms with E-state index in [4.69, 9.17) is 0 Å². The van der Waals surface area contributed by atoms with Crippen LogP contribution in [0, 0.1) is 5.92 Å². The van der Waals surface area contributed by atoms with Crippen molar-refractivity contribution in [2.75, 3.05) is 0 Å². The molecule has 0 saturated carbocycles. The highest BCUT2D eigenvalue weighted by Crippen LogP contribution is 2.16. The number of carbonyl (C=O) groups is 2. The van der Waals surface area contributed by atoms with Gasteiger partial charge in [0.2, 0.25) is 11.8 Å². The summed E-state index contributed by atoms with van der Waals surface area (Å²) >= 11 is 0. The minimum atomic E-state index is -0.697. The van der Waals surface area contributed by atoms with Gasteiger partial charge >= 0.3 is 0 Å². The summed E-state index contributed by atoms with van der Waals surface area (Å²) in [5, 5.41) is 5.88. The minimum Gasteiger partial charge on any atom is -0.349 e.